The average Bonchev–Trinajstić information content (AvgIpc) is 3.25. The van der Waals surface area contributed by atoms with E-state index < -0.39 is 23.6 Å². The Hall–Kier alpha value is -5.22. The summed E-state index contributed by atoms with van der Waals surface area (Å²) in [5.41, 5.74) is 0.407. The highest BCUT2D eigenvalue weighted by Gasteiger charge is 2.38. The van der Waals surface area contributed by atoms with Crippen molar-refractivity contribution in [3.63, 3.8) is 0 Å². The topological polar surface area (TPSA) is 148 Å². The molecule has 0 radical (unpaired) electrons. The molecule has 0 bridgehead atoms. The first kappa shape index (κ1) is 20.7. The van der Waals surface area contributed by atoms with Crippen LogP contribution in [0.25, 0.3) is 0 Å². The highest BCUT2D eigenvalue weighted by Crippen LogP contribution is 2.27. The SMILES string of the molecule is N#Cc1nc(CN2C(=O)c3ccccc3C2=O)c(CN2C(=O)c3ccccc3C2=O)nc1C#N. The van der Waals surface area contributed by atoms with Crippen LogP contribution in [-0.4, -0.2) is 43.4 Å². The Morgan fingerprint density at radius 1 is 0.588 bits per heavy atom. The lowest BCUT2D eigenvalue weighted by Crippen LogP contribution is -2.33. The third-order valence-corrected chi connectivity index (χ3v) is 5.63. The second-order valence-electron chi connectivity index (χ2n) is 7.52. The normalized spacial score (nSPS) is 14.2. The zero-order chi connectivity index (χ0) is 24.0. The van der Waals surface area contributed by atoms with Gasteiger partial charge in [0.2, 0.25) is 0 Å². The van der Waals surface area contributed by atoms with Crippen LogP contribution < -0.4 is 0 Å². The number of benzene rings is 2. The van der Waals surface area contributed by atoms with Crippen molar-refractivity contribution in [3.05, 3.63) is 93.6 Å². The molecule has 3 aromatic rings. The fourth-order valence-electron chi connectivity index (χ4n) is 3.98. The van der Waals surface area contributed by atoms with Gasteiger partial charge >= 0.3 is 0 Å². The molecule has 5 rings (SSSR count). The zero-order valence-electron chi connectivity index (χ0n) is 17.3. The lowest BCUT2D eigenvalue weighted by Gasteiger charge is -2.19. The average molecular weight is 448 g/mol. The lowest BCUT2D eigenvalue weighted by molar-refractivity contribution is 0.0613. The van der Waals surface area contributed by atoms with Gasteiger partial charge in [-0.1, -0.05) is 24.3 Å². The predicted molar refractivity (Wildman–Crippen MR) is 113 cm³/mol. The first-order valence-corrected chi connectivity index (χ1v) is 10.0. The molecule has 2 aromatic carbocycles. The Bertz CT molecular complexity index is 1350. The molecule has 0 atom stereocenters. The summed E-state index contributed by atoms with van der Waals surface area (Å²) in [5.74, 6) is -2.18. The van der Waals surface area contributed by atoms with Crippen LogP contribution in [0.5, 0.6) is 0 Å². The van der Waals surface area contributed by atoms with Crippen molar-refractivity contribution in [1.29, 1.82) is 10.5 Å². The van der Waals surface area contributed by atoms with Gasteiger partial charge in [0.25, 0.3) is 23.6 Å². The molecule has 0 aliphatic carbocycles. The molecule has 0 N–H and O–H groups in total. The number of carbonyl (C=O) groups is 4. The number of nitrogens with zero attached hydrogens (tertiary/aromatic N) is 6. The van der Waals surface area contributed by atoms with Gasteiger partial charge in [-0.15, -0.1) is 0 Å². The van der Waals surface area contributed by atoms with Crippen LogP contribution in [0.3, 0.4) is 0 Å². The molecule has 34 heavy (non-hydrogen) atoms. The van der Waals surface area contributed by atoms with E-state index in [2.05, 4.69) is 9.97 Å². The molecule has 10 nitrogen and oxygen atoms in total. The smallest absolute Gasteiger partial charge is 0.261 e. The summed E-state index contributed by atoms with van der Waals surface area (Å²) in [6.07, 6.45) is 0. The molecular formula is C24H12N6O4. The Morgan fingerprint density at radius 2 is 0.882 bits per heavy atom. The van der Waals surface area contributed by atoms with E-state index in [1.54, 1.807) is 36.4 Å². The van der Waals surface area contributed by atoms with Gasteiger partial charge in [0.15, 0.2) is 11.4 Å². The lowest BCUT2D eigenvalue weighted by atomic mass is 10.1. The van der Waals surface area contributed by atoms with Crippen LogP contribution in [0.15, 0.2) is 48.5 Å². The van der Waals surface area contributed by atoms with Crippen LogP contribution >= 0.6 is 0 Å². The van der Waals surface area contributed by atoms with E-state index in [-0.39, 0.29) is 58.1 Å². The highest BCUT2D eigenvalue weighted by molar-refractivity contribution is 6.22. The van der Waals surface area contributed by atoms with Crippen molar-refractivity contribution >= 4 is 23.6 Å². The number of hydrogen-bond donors (Lipinski definition) is 0. The largest absolute Gasteiger partial charge is 0.269 e. The van der Waals surface area contributed by atoms with Gasteiger partial charge in [0.1, 0.15) is 12.1 Å². The van der Waals surface area contributed by atoms with Crippen LogP contribution in [0, 0.1) is 22.7 Å². The number of hydrogen-bond acceptors (Lipinski definition) is 8. The summed E-state index contributed by atoms with van der Waals surface area (Å²) >= 11 is 0. The maximum atomic E-state index is 12.8. The van der Waals surface area contributed by atoms with Crippen LogP contribution in [0.1, 0.15) is 64.2 Å². The third-order valence-electron chi connectivity index (χ3n) is 5.63. The molecule has 0 saturated heterocycles. The molecule has 4 amide bonds. The van der Waals surface area contributed by atoms with Crippen molar-refractivity contribution in [2.75, 3.05) is 0 Å². The van der Waals surface area contributed by atoms with Crippen molar-refractivity contribution in [2.45, 2.75) is 13.1 Å². The summed E-state index contributed by atoms with van der Waals surface area (Å²) in [4.78, 5) is 61.5. The summed E-state index contributed by atoms with van der Waals surface area (Å²) in [5, 5.41) is 18.8. The van der Waals surface area contributed by atoms with E-state index >= 15 is 0 Å². The van der Waals surface area contributed by atoms with Crippen molar-refractivity contribution in [1.82, 2.24) is 19.8 Å². The van der Waals surface area contributed by atoms with Crippen molar-refractivity contribution < 1.29 is 19.2 Å². The fraction of sp³-hybridized carbons (Fsp3) is 0.0833. The van der Waals surface area contributed by atoms with Gasteiger partial charge in [-0.05, 0) is 24.3 Å². The van der Waals surface area contributed by atoms with Gasteiger partial charge < -0.3 is 0 Å². The standard InChI is InChI=1S/C24H12N6O4/c25-9-17-18(10-26)28-20(12-30-23(33)15-7-3-4-8-16(15)24(30)34)19(27-17)11-29-21(31)13-5-1-2-6-14(13)22(29)32/h1-8H,11-12H2. The molecule has 3 heterocycles. The van der Waals surface area contributed by atoms with E-state index in [1.165, 1.54) is 24.3 Å². The number of rotatable bonds is 4. The molecule has 0 unspecified atom stereocenters. The molecule has 1 aromatic heterocycles. The van der Waals surface area contributed by atoms with Crippen molar-refractivity contribution in [3.8, 4) is 12.1 Å². The molecule has 2 aliphatic heterocycles. The third kappa shape index (κ3) is 3.02. The number of aromatic nitrogens is 2. The van der Waals surface area contributed by atoms with Gasteiger partial charge in [-0.2, -0.15) is 10.5 Å². The number of fused-ring (bicyclic) bond motifs is 2. The van der Waals surface area contributed by atoms with E-state index in [4.69, 9.17) is 0 Å². The van der Waals surface area contributed by atoms with E-state index in [9.17, 15) is 29.7 Å². The quantitative estimate of drug-likeness (QED) is 0.549. The summed E-state index contributed by atoms with van der Waals surface area (Å²) in [6, 6.07) is 16.2. The molecule has 162 valence electrons. The molecule has 0 saturated carbocycles. The van der Waals surface area contributed by atoms with Crippen LogP contribution in [-0.2, 0) is 13.1 Å². The van der Waals surface area contributed by atoms with Gasteiger partial charge in [0.05, 0.1) is 46.7 Å². The van der Waals surface area contributed by atoms with Gasteiger partial charge in [-0.25, -0.2) is 9.97 Å². The second kappa shape index (κ2) is 7.73. The number of amides is 4. The highest BCUT2D eigenvalue weighted by atomic mass is 16.2. The Kier molecular flexibility index (Phi) is 4.70. The Labute approximate surface area is 192 Å². The maximum Gasteiger partial charge on any atom is 0.261 e. The minimum absolute atomic E-state index is 0.0293. The monoisotopic (exact) mass is 448 g/mol. The molecular weight excluding hydrogens is 436 g/mol. The van der Waals surface area contributed by atoms with E-state index in [1.807, 2.05) is 0 Å². The number of imide groups is 2. The number of carbonyl (C=O) groups excluding carboxylic acids is 4. The minimum Gasteiger partial charge on any atom is -0.269 e. The summed E-state index contributed by atoms with van der Waals surface area (Å²) in [7, 11) is 0. The Balaban J connectivity index is 1.54. The maximum absolute atomic E-state index is 12.8. The molecule has 0 fully saturated rings. The summed E-state index contributed by atoms with van der Waals surface area (Å²) in [6.45, 7) is -0.698. The Morgan fingerprint density at radius 3 is 1.15 bits per heavy atom. The van der Waals surface area contributed by atoms with Crippen LogP contribution in [0.2, 0.25) is 0 Å². The minimum atomic E-state index is -0.544. The first-order valence-electron chi connectivity index (χ1n) is 10.0. The van der Waals surface area contributed by atoms with E-state index in [0.717, 1.165) is 9.80 Å². The van der Waals surface area contributed by atoms with Crippen molar-refractivity contribution in [2.24, 2.45) is 0 Å². The molecule has 0 spiro atoms. The molecule has 10 heteroatoms. The van der Waals surface area contributed by atoms with E-state index in [0.29, 0.717) is 0 Å². The molecule has 2 aliphatic rings. The predicted octanol–water partition coefficient (Wildman–Crippen LogP) is 1.81. The summed E-state index contributed by atoms with van der Waals surface area (Å²) < 4.78 is 0. The van der Waals surface area contributed by atoms with Crippen LogP contribution in [0.4, 0.5) is 0 Å². The van der Waals surface area contributed by atoms with Gasteiger partial charge in [0, 0.05) is 0 Å². The zero-order valence-corrected chi connectivity index (χ0v) is 17.3. The second-order valence-corrected chi connectivity index (χ2v) is 7.52. The fourth-order valence-corrected chi connectivity index (χ4v) is 3.98. The van der Waals surface area contributed by atoms with Gasteiger partial charge in [-0.3, -0.25) is 29.0 Å². The first-order chi connectivity index (χ1) is 16.4. The number of nitriles is 2.